The molecule has 20 heavy (non-hydrogen) atoms. The maximum absolute atomic E-state index is 12.0. The third kappa shape index (κ3) is 3.22. The molecule has 106 valence electrons. The van der Waals surface area contributed by atoms with Gasteiger partial charge in [-0.1, -0.05) is 5.16 Å². The second kappa shape index (κ2) is 6.00. The first-order valence-corrected chi connectivity index (χ1v) is 5.89. The highest BCUT2D eigenvalue weighted by molar-refractivity contribution is 5.95. The predicted molar refractivity (Wildman–Crippen MR) is 66.8 cm³/mol. The van der Waals surface area contributed by atoms with Crippen LogP contribution in [0, 0.1) is 6.92 Å². The van der Waals surface area contributed by atoms with Gasteiger partial charge in [-0.3, -0.25) is 4.79 Å². The van der Waals surface area contributed by atoms with E-state index in [1.165, 1.54) is 19.5 Å². The fourth-order valence-corrected chi connectivity index (χ4v) is 1.66. The Hall–Kier alpha value is -2.64. The van der Waals surface area contributed by atoms with Crippen molar-refractivity contribution < 1.29 is 18.8 Å². The molecule has 2 aromatic rings. The molecule has 0 fully saturated rings. The number of carbonyl (C=O) groups is 2. The Morgan fingerprint density at radius 2 is 2.35 bits per heavy atom. The van der Waals surface area contributed by atoms with E-state index >= 15 is 0 Å². The minimum absolute atomic E-state index is 0.112. The second-order valence-electron chi connectivity index (χ2n) is 4.15. The average Bonchev–Trinajstić information content (AvgIpc) is 3.08. The lowest BCUT2D eigenvalue weighted by atomic mass is 10.1. The van der Waals surface area contributed by atoms with Gasteiger partial charge in [-0.05, 0) is 6.92 Å². The summed E-state index contributed by atoms with van der Waals surface area (Å²) in [6.07, 6.45) is 3.31. The number of hydrogen-bond acceptors (Lipinski definition) is 6. The number of ether oxygens (including phenoxy) is 1. The normalized spacial score (nSPS) is 11.9. The van der Waals surface area contributed by atoms with Crippen LogP contribution in [-0.4, -0.2) is 40.2 Å². The van der Waals surface area contributed by atoms with Crippen LogP contribution in [0.2, 0.25) is 0 Å². The Kier molecular flexibility index (Phi) is 4.14. The van der Waals surface area contributed by atoms with Crippen LogP contribution in [0.15, 0.2) is 23.1 Å². The van der Waals surface area contributed by atoms with Crippen molar-refractivity contribution in [3.8, 4) is 0 Å². The first-order valence-electron chi connectivity index (χ1n) is 5.89. The third-order valence-electron chi connectivity index (χ3n) is 2.63. The molecule has 2 N–H and O–H groups in total. The molecule has 0 aliphatic heterocycles. The first kappa shape index (κ1) is 13.8. The molecule has 0 bridgehead atoms. The molecule has 2 heterocycles. The Bertz CT molecular complexity index is 590. The van der Waals surface area contributed by atoms with E-state index in [4.69, 9.17) is 4.52 Å². The highest BCUT2D eigenvalue weighted by Crippen LogP contribution is 2.05. The molecule has 0 saturated carbocycles. The molecule has 1 amide bonds. The van der Waals surface area contributed by atoms with E-state index in [1.807, 2.05) is 0 Å². The van der Waals surface area contributed by atoms with Gasteiger partial charge in [-0.25, -0.2) is 9.78 Å². The minimum atomic E-state index is -0.829. The maximum Gasteiger partial charge on any atom is 0.328 e. The van der Waals surface area contributed by atoms with Gasteiger partial charge in [-0.15, -0.1) is 0 Å². The molecule has 1 atom stereocenters. The molecule has 0 aromatic carbocycles. The molecule has 0 spiro atoms. The van der Waals surface area contributed by atoms with Crippen LogP contribution in [0.3, 0.4) is 0 Å². The summed E-state index contributed by atoms with van der Waals surface area (Å²) in [5, 5.41) is 6.14. The summed E-state index contributed by atoms with van der Waals surface area (Å²) in [5.41, 5.74) is 0.818. The number of aromatic amines is 1. The van der Waals surface area contributed by atoms with Crippen molar-refractivity contribution >= 4 is 11.9 Å². The molecule has 0 aliphatic rings. The zero-order valence-electron chi connectivity index (χ0n) is 11.0. The second-order valence-corrected chi connectivity index (χ2v) is 4.15. The van der Waals surface area contributed by atoms with E-state index in [-0.39, 0.29) is 12.1 Å². The largest absolute Gasteiger partial charge is 0.467 e. The first-order chi connectivity index (χ1) is 9.60. The Morgan fingerprint density at radius 1 is 1.55 bits per heavy atom. The van der Waals surface area contributed by atoms with Gasteiger partial charge in [0.05, 0.1) is 13.4 Å². The number of H-pyrrole nitrogens is 1. The maximum atomic E-state index is 12.0. The van der Waals surface area contributed by atoms with Gasteiger partial charge in [0.2, 0.25) is 0 Å². The fraction of sp³-hybridized carbons (Fsp3) is 0.333. The highest BCUT2D eigenvalue weighted by Gasteiger charge is 2.24. The van der Waals surface area contributed by atoms with E-state index in [0.717, 1.165) is 0 Å². The number of hydrogen-bond donors (Lipinski definition) is 2. The minimum Gasteiger partial charge on any atom is -0.467 e. The lowest BCUT2D eigenvalue weighted by Gasteiger charge is -2.14. The van der Waals surface area contributed by atoms with Gasteiger partial charge in [0.1, 0.15) is 11.8 Å². The third-order valence-corrected chi connectivity index (χ3v) is 2.63. The Balaban J connectivity index is 2.07. The molecule has 2 aromatic heterocycles. The van der Waals surface area contributed by atoms with Crippen molar-refractivity contribution in [2.45, 2.75) is 19.4 Å². The monoisotopic (exact) mass is 278 g/mol. The molecule has 0 saturated heterocycles. The van der Waals surface area contributed by atoms with E-state index < -0.39 is 17.9 Å². The lowest BCUT2D eigenvalue weighted by Crippen LogP contribution is -2.43. The van der Waals surface area contributed by atoms with Crippen molar-refractivity contribution in [1.82, 2.24) is 20.4 Å². The standard InChI is InChI=1S/C12H14N4O4/c1-7-3-9(16-20-7)11(17)15-10(12(18)19-2)4-8-5-13-6-14-8/h3,5-6,10H,4H2,1-2H3,(H,13,14)(H,15,17)/t10-/m0/s1. The van der Waals surface area contributed by atoms with Gasteiger partial charge in [-0.2, -0.15) is 0 Å². The molecule has 8 heteroatoms. The van der Waals surface area contributed by atoms with Gasteiger partial charge < -0.3 is 19.6 Å². The molecule has 0 unspecified atom stereocenters. The number of methoxy groups -OCH3 is 1. The Morgan fingerprint density at radius 3 is 2.90 bits per heavy atom. The number of aromatic nitrogens is 3. The summed E-state index contributed by atoms with van der Waals surface area (Å²) in [7, 11) is 1.26. The fourth-order valence-electron chi connectivity index (χ4n) is 1.66. The summed E-state index contributed by atoms with van der Waals surface area (Å²) in [6, 6.07) is 0.657. The van der Waals surface area contributed by atoms with Crippen LogP contribution in [0.4, 0.5) is 0 Å². The van der Waals surface area contributed by atoms with Gasteiger partial charge in [0.25, 0.3) is 5.91 Å². The molecular formula is C12H14N4O4. The Labute approximate surface area is 114 Å². The van der Waals surface area contributed by atoms with E-state index in [1.54, 1.807) is 13.1 Å². The molecule has 8 nitrogen and oxygen atoms in total. The number of rotatable bonds is 5. The van der Waals surface area contributed by atoms with Crippen molar-refractivity contribution in [3.63, 3.8) is 0 Å². The van der Waals surface area contributed by atoms with Crippen molar-refractivity contribution in [3.05, 3.63) is 35.7 Å². The molecular weight excluding hydrogens is 264 g/mol. The number of carbonyl (C=O) groups excluding carboxylic acids is 2. The van der Waals surface area contributed by atoms with Crippen LogP contribution in [0.5, 0.6) is 0 Å². The van der Waals surface area contributed by atoms with Crippen LogP contribution < -0.4 is 5.32 Å². The summed E-state index contributed by atoms with van der Waals surface area (Å²) < 4.78 is 9.49. The van der Waals surface area contributed by atoms with Crippen LogP contribution >= 0.6 is 0 Å². The number of nitrogens with one attached hydrogen (secondary N) is 2. The van der Waals surface area contributed by atoms with E-state index in [2.05, 4.69) is 25.2 Å². The summed E-state index contributed by atoms with van der Waals surface area (Å²) in [4.78, 5) is 30.4. The van der Waals surface area contributed by atoms with Crippen molar-refractivity contribution in [2.75, 3.05) is 7.11 Å². The number of amides is 1. The predicted octanol–water partition coefficient (Wildman–Crippen LogP) is 0.220. The van der Waals surface area contributed by atoms with E-state index in [0.29, 0.717) is 11.5 Å². The van der Waals surface area contributed by atoms with Crippen LogP contribution in [-0.2, 0) is 16.0 Å². The highest BCUT2D eigenvalue weighted by atomic mass is 16.5. The number of imidazole rings is 1. The average molecular weight is 278 g/mol. The number of esters is 1. The lowest BCUT2D eigenvalue weighted by molar-refractivity contribution is -0.142. The van der Waals surface area contributed by atoms with E-state index in [9.17, 15) is 9.59 Å². The smallest absolute Gasteiger partial charge is 0.328 e. The van der Waals surface area contributed by atoms with Gasteiger partial charge in [0.15, 0.2) is 5.69 Å². The molecule has 0 aliphatic carbocycles. The quantitative estimate of drug-likeness (QED) is 0.757. The number of nitrogens with zero attached hydrogens (tertiary/aromatic N) is 2. The SMILES string of the molecule is COC(=O)[C@H](Cc1cnc[nH]1)NC(=O)c1cc(C)on1. The summed E-state index contributed by atoms with van der Waals surface area (Å²) in [6.45, 7) is 1.67. The van der Waals surface area contributed by atoms with Crippen molar-refractivity contribution in [2.24, 2.45) is 0 Å². The molecule has 0 radical (unpaired) electrons. The van der Waals surface area contributed by atoms with Crippen LogP contribution in [0.25, 0.3) is 0 Å². The number of aryl methyl sites for hydroxylation is 1. The zero-order chi connectivity index (χ0) is 14.5. The van der Waals surface area contributed by atoms with Gasteiger partial charge >= 0.3 is 5.97 Å². The zero-order valence-corrected chi connectivity index (χ0v) is 11.0. The topological polar surface area (TPSA) is 110 Å². The summed E-state index contributed by atoms with van der Waals surface area (Å²) >= 11 is 0. The van der Waals surface area contributed by atoms with Crippen LogP contribution in [0.1, 0.15) is 21.9 Å². The summed E-state index contributed by atoms with van der Waals surface area (Å²) in [5.74, 6) is -0.539. The van der Waals surface area contributed by atoms with Gasteiger partial charge in [0, 0.05) is 24.4 Å². The van der Waals surface area contributed by atoms with Crippen molar-refractivity contribution in [1.29, 1.82) is 0 Å². The molecule has 2 rings (SSSR count).